The lowest BCUT2D eigenvalue weighted by atomic mass is 10.1. The van der Waals surface area contributed by atoms with Crippen LogP contribution in [0.3, 0.4) is 0 Å². The lowest BCUT2D eigenvalue weighted by Gasteiger charge is -2.25. The van der Waals surface area contributed by atoms with E-state index >= 15 is 0 Å². The molecular formula is C14H17N3O2S2. The zero-order chi connectivity index (χ0) is 14.9. The first kappa shape index (κ1) is 14.5. The predicted molar refractivity (Wildman–Crippen MR) is 84.8 cm³/mol. The second-order valence-corrected chi connectivity index (χ2v) is 8.04. The Balaban J connectivity index is 1.71. The minimum Gasteiger partial charge on any atom is -0.294 e. The second kappa shape index (κ2) is 5.75. The molecule has 7 heteroatoms. The van der Waals surface area contributed by atoms with Crippen molar-refractivity contribution in [1.82, 2.24) is 9.88 Å². The van der Waals surface area contributed by atoms with Gasteiger partial charge in [-0.15, -0.1) is 0 Å². The number of anilines is 1. The molecular weight excluding hydrogens is 306 g/mol. The van der Waals surface area contributed by atoms with E-state index in [0.717, 1.165) is 42.9 Å². The van der Waals surface area contributed by atoms with E-state index < -0.39 is 10.0 Å². The van der Waals surface area contributed by atoms with Crippen LogP contribution in [0.1, 0.15) is 16.1 Å². The number of nitrogens with zero attached hydrogens (tertiary/aromatic N) is 2. The standard InChI is InChI=1S/C14H17N3O2S2/c1-21(18,19)16-14-15-12-7-8-17(10-13(12)20-14)9-11-5-3-2-4-6-11/h2-6H,7-10H2,1H3,(H,15,16). The van der Waals surface area contributed by atoms with Crippen molar-refractivity contribution in [1.29, 1.82) is 0 Å². The highest BCUT2D eigenvalue weighted by molar-refractivity contribution is 7.92. The fourth-order valence-electron chi connectivity index (χ4n) is 2.43. The zero-order valence-electron chi connectivity index (χ0n) is 11.7. The van der Waals surface area contributed by atoms with Crippen molar-refractivity contribution < 1.29 is 8.42 Å². The molecule has 1 aromatic heterocycles. The maximum atomic E-state index is 11.3. The molecule has 0 radical (unpaired) electrons. The maximum absolute atomic E-state index is 11.3. The van der Waals surface area contributed by atoms with Crippen LogP contribution in [0.2, 0.25) is 0 Å². The van der Waals surface area contributed by atoms with E-state index in [4.69, 9.17) is 0 Å². The molecule has 5 nitrogen and oxygen atoms in total. The minimum absolute atomic E-state index is 0.476. The van der Waals surface area contributed by atoms with Gasteiger partial charge in [-0.25, -0.2) is 13.4 Å². The Morgan fingerprint density at radius 3 is 2.81 bits per heavy atom. The molecule has 0 unspecified atom stereocenters. The van der Waals surface area contributed by atoms with E-state index in [1.54, 1.807) is 0 Å². The number of aromatic nitrogens is 1. The summed E-state index contributed by atoms with van der Waals surface area (Å²) in [6, 6.07) is 10.4. The second-order valence-electron chi connectivity index (χ2n) is 5.21. The van der Waals surface area contributed by atoms with Gasteiger partial charge in [0.05, 0.1) is 11.9 Å². The third kappa shape index (κ3) is 3.81. The Hall–Kier alpha value is -1.44. The molecule has 0 saturated heterocycles. The first-order valence-electron chi connectivity index (χ1n) is 6.72. The van der Waals surface area contributed by atoms with Crippen molar-refractivity contribution in [3.8, 4) is 0 Å². The average Bonchev–Trinajstić information content (AvgIpc) is 2.79. The highest BCUT2D eigenvalue weighted by Crippen LogP contribution is 2.29. The van der Waals surface area contributed by atoms with E-state index in [1.807, 2.05) is 18.2 Å². The molecule has 21 heavy (non-hydrogen) atoms. The molecule has 0 fully saturated rings. The zero-order valence-corrected chi connectivity index (χ0v) is 13.4. The molecule has 3 rings (SSSR count). The van der Waals surface area contributed by atoms with Gasteiger partial charge in [0.15, 0.2) is 5.13 Å². The summed E-state index contributed by atoms with van der Waals surface area (Å²) in [5.41, 5.74) is 2.32. The molecule has 0 atom stereocenters. The van der Waals surface area contributed by atoms with E-state index in [1.165, 1.54) is 16.9 Å². The van der Waals surface area contributed by atoms with Crippen molar-refractivity contribution in [3.05, 3.63) is 46.5 Å². The van der Waals surface area contributed by atoms with Crippen LogP contribution >= 0.6 is 11.3 Å². The third-order valence-corrected chi connectivity index (χ3v) is 5.02. The molecule has 2 heterocycles. The molecule has 1 aliphatic rings. The van der Waals surface area contributed by atoms with Crippen molar-refractivity contribution in [2.75, 3.05) is 17.5 Å². The largest absolute Gasteiger partial charge is 0.294 e. The van der Waals surface area contributed by atoms with E-state index in [9.17, 15) is 8.42 Å². The number of rotatable bonds is 4. The smallest absolute Gasteiger partial charge is 0.231 e. The quantitative estimate of drug-likeness (QED) is 0.936. The predicted octanol–water partition coefficient (Wildman–Crippen LogP) is 2.07. The van der Waals surface area contributed by atoms with E-state index in [2.05, 4.69) is 26.7 Å². The Morgan fingerprint density at radius 2 is 2.10 bits per heavy atom. The Morgan fingerprint density at radius 1 is 1.33 bits per heavy atom. The van der Waals surface area contributed by atoms with Gasteiger partial charge in [0.2, 0.25) is 10.0 Å². The van der Waals surface area contributed by atoms with Gasteiger partial charge >= 0.3 is 0 Å². The van der Waals surface area contributed by atoms with Crippen LogP contribution in [0.4, 0.5) is 5.13 Å². The number of thiazole rings is 1. The lowest BCUT2D eigenvalue weighted by Crippen LogP contribution is -2.29. The van der Waals surface area contributed by atoms with Crippen LogP contribution in [0, 0.1) is 0 Å². The number of nitrogens with one attached hydrogen (secondary N) is 1. The van der Waals surface area contributed by atoms with Crippen LogP contribution in [0.15, 0.2) is 30.3 Å². The van der Waals surface area contributed by atoms with Crippen LogP contribution in [0.5, 0.6) is 0 Å². The van der Waals surface area contributed by atoms with Gasteiger partial charge < -0.3 is 0 Å². The van der Waals surface area contributed by atoms with Crippen LogP contribution in [-0.2, 0) is 29.5 Å². The Kier molecular flexibility index (Phi) is 3.97. The molecule has 0 aliphatic carbocycles. The number of sulfonamides is 1. The monoisotopic (exact) mass is 323 g/mol. The molecule has 1 aromatic carbocycles. The topological polar surface area (TPSA) is 62.3 Å². The summed E-state index contributed by atoms with van der Waals surface area (Å²) in [7, 11) is -3.25. The Bertz CT molecular complexity index is 726. The normalized spacial score (nSPS) is 15.7. The van der Waals surface area contributed by atoms with Crippen LogP contribution < -0.4 is 4.72 Å². The van der Waals surface area contributed by atoms with Gasteiger partial charge in [0.1, 0.15) is 0 Å². The number of benzene rings is 1. The fourth-order valence-corrected chi connectivity index (χ4v) is 4.31. The first-order valence-corrected chi connectivity index (χ1v) is 9.43. The summed E-state index contributed by atoms with van der Waals surface area (Å²) in [4.78, 5) is 7.90. The summed E-state index contributed by atoms with van der Waals surface area (Å²) in [5, 5.41) is 0.476. The number of fused-ring (bicyclic) bond motifs is 1. The van der Waals surface area contributed by atoms with Crippen molar-refractivity contribution in [2.24, 2.45) is 0 Å². The van der Waals surface area contributed by atoms with E-state index in [-0.39, 0.29) is 0 Å². The van der Waals surface area contributed by atoms with Gasteiger partial charge in [0.25, 0.3) is 0 Å². The van der Waals surface area contributed by atoms with Crippen molar-refractivity contribution in [3.63, 3.8) is 0 Å². The highest BCUT2D eigenvalue weighted by atomic mass is 32.2. The molecule has 1 aliphatic heterocycles. The van der Waals surface area contributed by atoms with Gasteiger partial charge in [-0.1, -0.05) is 41.7 Å². The summed E-state index contributed by atoms with van der Waals surface area (Å²) in [5.74, 6) is 0. The van der Waals surface area contributed by atoms with Gasteiger partial charge in [-0.3, -0.25) is 9.62 Å². The van der Waals surface area contributed by atoms with Gasteiger partial charge in [0, 0.05) is 30.9 Å². The minimum atomic E-state index is -3.25. The highest BCUT2D eigenvalue weighted by Gasteiger charge is 2.21. The summed E-state index contributed by atoms with van der Waals surface area (Å²) < 4.78 is 25.0. The fraction of sp³-hybridized carbons (Fsp3) is 0.357. The average molecular weight is 323 g/mol. The number of hydrogen-bond acceptors (Lipinski definition) is 5. The molecule has 112 valence electrons. The van der Waals surface area contributed by atoms with Crippen LogP contribution in [-0.4, -0.2) is 31.1 Å². The maximum Gasteiger partial charge on any atom is 0.231 e. The number of hydrogen-bond donors (Lipinski definition) is 1. The van der Waals surface area contributed by atoms with Crippen molar-refractivity contribution >= 4 is 26.5 Å². The van der Waals surface area contributed by atoms with Gasteiger partial charge in [-0.2, -0.15) is 0 Å². The Labute approximate surface area is 128 Å². The molecule has 0 amide bonds. The SMILES string of the molecule is CS(=O)(=O)Nc1nc2c(s1)CN(Cc1ccccc1)CC2. The van der Waals surface area contributed by atoms with E-state index in [0.29, 0.717) is 5.13 Å². The molecule has 2 aromatic rings. The summed E-state index contributed by atoms with van der Waals surface area (Å²) in [6.45, 7) is 2.68. The summed E-state index contributed by atoms with van der Waals surface area (Å²) >= 11 is 1.43. The third-order valence-electron chi connectivity index (χ3n) is 3.33. The molecule has 0 saturated carbocycles. The van der Waals surface area contributed by atoms with Crippen molar-refractivity contribution in [2.45, 2.75) is 19.5 Å². The van der Waals surface area contributed by atoms with Gasteiger partial charge in [-0.05, 0) is 5.56 Å². The molecule has 0 bridgehead atoms. The molecule has 0 spiro atoms. The van der Waals surface area contributed by atoms with Crippen LogP contribution in [0.25, 0.3) is 0 Å². The molecule has 1 N–H and O–H groups in total. The summed E-state index contributed by atoms with van der Waals surface area (Å²) in [6.07, 6.45) is 2.01. The lowest BCUT2D eigenvalue weighted by molar-refractivity contribution is 0.247. The first-order chi connectivity index (χ1) is 9.99.